The molecule has 6 unspecified atom stereocenters. The average molecular weight is 749 g/mol. The Morgan fingerprint density at radius 3 is 1.98 bits per heavy atom. The van der Waals surface area contributed by atoms with E-state index in [9.17, 15) is 0 Å². The fourth-order valence-electron chi connectivity index (χ4n) is 7.82. The van der Waals surface area contributed by atoms with Crippen molar-refractivity contribution in [1.29, 1.82) is 0 Å². The molecule has 4 saturated heterocycles. The van der Waals surface area contributed by atoms with Gasteiger partial charge in [-0.1, -0.05) is 17.3 Å². The normalized spacial score (nSPS) is 27.6. The number of hydrogen-bond acceptors (Lipinski definition) is 15. The molecule has 3 aromatic rings. The van der Waals surface area contributed by atoms with E-state index < -0.39 is 11.6 Å². The van der Waals surface area contributed by atoms with Gasteiger partial charge in [-0.05, 0) is 64.8 Å². The van der Waals surface area contributed by atoms with E-state index in [4.69, 9.17) is 40.0 Å². The predicted molar refractivity (Wildman–Crippen MR) is 197 cm³/mol. The van der Waals surface area contributed by atoms with Gasteiger partial charge in [0.25, 0.3) is 0 Å². The molecule has 7 heterocycles. The largest absolute Gasteiger partial charge is 0.400 e. The van der Waals surface area contributed by atoms with Crippen LogP contribution in [0.4, 0.5) is 0 Å². The summed E-state index contributed by atoms with van der Waals surface area (Å²) in [5.41, 5.74) is 10.1. The molecule has 0 aromatic carbocycles. The maximum Gasteiger partial charge on any atom is 0.163 e. The number of hydrogen-bond donors (Lipinski definition) is 2. The lowest BCUT2D eigenvalue weighted by Crippen LogP contribution is -2.49. The summed E-state index contributed by atoms with van der Waals surface area (Å²) in [4.78, 5) is 13.8. The van der Waals surface area contributed by atoms with Crippen LogP contribution in [0.25, 0.3) is 0 Å². The van der Waals surface area contributed by atoms with Gasteiger partial charge in [0.1, 0.15) is 24.4 Å². The van der Waals surface area contributed by atoms with Crippen LogP contribution in [0.5, 0.6) is 0 Å². The van der Waals surface area contributed by atoms with Crippen LogP contribution in [0.3, 0.4) is 0 Å². The highest BCUT2D eigenvalue weighted by Gasteiger charge is 2.49. The summed E-state index contributed by atoms with van der Waals surface area (Å²) < 4.78 is 38.7. The highest BCUT2D eigenvalue weighted by molar-refractivity contribution is 5.07. The van der Waals surface area contributed by atoms with Crippen LogP contribution in [0, 0.1) is 0 Å². The summed E-state index contributed by atoms with van der Waals surface area (Å²) >= 11 is 0. The fourth-order valence-corrected chi connectivity index (χ4v) is 7.82. The second kappa shape index (κ2) is 17.1. The van der Waals surface area contributed by atoms with E-state index in [2.05, 4.69) is 30.1 Å². The molecule has 4 aliphatic heterocycles. The highest BCUT2D eigenvalue weighted by atomic mass is 16.8. The van der Waals surface area contributed by atoms with E-state index in [0.29, 0.717) is 64.7 Å². The van der Waals surface area contributed by atoms with Crippen LogP contribution < -0.4 is 11.6 Å². The van der Waals surface area contributed by atoms with E-state index in [0.717, 1.165) is 36.5 Å². The Labute approximate surface area is 317 Å². The quantitative estimate of drug-likeness (QED) is 0.161. The first kappa shape index (κ1) is 38.7. The average Bonchev–Trinajstić information content (AvgIpc) is 3.81. The molecule has 3 aromatic heterocycles. The third kappa shape index (κ3) is 10.4. The minimum absolute atomic E-state index is 0.00574. The number of rotatable bonds is 16. The van der Waals surface area contributed by atoms with Gasteiger partial charge in [-0.15, -0.1) is 5.10 Å². The lowest BCUT2D eigenvalue weighted by molar-refractivity contribution is -0.155. The SMILES string of the molecule is CC1(C)OC2CCOC(CN(N)/C=C(\N)CN(CCN(Cc3ccccn3)Cc3ccccn3)Cc3cn(CC4OCCC5OC(C)(C)OC45)nn3)C2O1. The van der Waals surface area contributed by atoms with Crippen molar-refractivity contribution in [3.8, 4) is 0 Å². The number of ether oxygens (including phenoxy) is 6. The molecule has 4 aliphatic rings. The van der Waals surface area contributed by atoms with E-state index in [1.807, 2.05) is 87.4 Å². The molecule has 0 bridgehead atoms. The van der Waals surface area contributed by atoms with Gasteiger partial charge in [0, 0.05) is 83.0 Å². The predicted octanol–water partition coefficient (Wildman–Crippen LogP) is 2.17. The third-order valence-corrected chi connectivity index (χ3v) is 10.1. The van der Waals surface area contributed by atoms with Crippen molar-refractivity contribution in [3.05, 3.63) is 84.0 Å². The van der Waals surface area contributed by atoms with Gasteiger partial charge in [0.05, 0.1) is 42.4 Å². The molecule has 16 nitrogen and oxygen atoms in total. The molecule has 0 amide bonds. The molecule has 294 valence electrons. The fraction of sp³-hybridized carbons (Fsp3) is 0.632. The van der Waals surface area contributed by atoms with Crippen LogP contribution in [-0.4, -0.2) is 127 Å². The summed E-state index contributed by atoms with van der Waals surface area (Å²) in [6.07, 6.45) is 8.20. The highest BCUT2D eigenvalue weighted by Crippen LogP contribution is 2.36. The molecule has 0 spiro atoms. The zero-order valence-electron chi connectivity index (χ0n) is 31.9. The molecule has 7 rings (SSSR count). The summed E-state index contributed by atoms with van der Waals surface area (Å²) in [6, 6.07) is 12.0. The molecule has 6 atom stereocenters. The molecule has 4 fully saturated rings. The van der Waals surface area contributed by atoms with E-state index in [-0.39, 0.29) is 36.6 Å². The van der Waals surface area contributed by atoms with Crippen LogP contribution >= 0.6 is 0 Å². The number of hydrazine groups is 1. The number of aromatic nitrogens is 5. The summed E-state index contributed by atoms with van der Waals surface area (Å²) in [5.74, 6) is 5.24. The summed E-state index contributed by atoms with van der Waals surface area (Å²) in [7, 11) is 0. The minimum atomic E-state index is -0.652. The van der Waals surface area contributed by atoms with Crippen molar-refractivity contribution >= 4 is 0 Å². The smallest absolute Gasteiger partial charge is 0.163 e. The second-order valence-electron chi connectivity index (χ2n) is 15.6. The van der Waals surface area contributed by atoms with Gasteiger partial charge in [-0.2, -0.15) is 0 Å². The monoisotopic (exact) mass is 748 g/mol. The van der Waals surface area contributed by atoms with Crippen LogP contribution in [0.15, 0.2) is 66.9 Å². The molecule has 54 heavy (non-hydrogen) atoms. The van der Waals surface area contributed by atoms with Crippen molar-refractivity contribution in [2.45, 2.75) is 115 Å². The Balaban J connectivity index is 1.03. The Morgan fingerprint density at radius 2 is 1.37 bits per heavy atom. The zero-order valence-corrected chi connectivity index (χ0v) is 31.9. The summed E-state index contributed by atoms with van der Waals surface area (Å²) in [5, 5.41) is 10.6. The van der Waals surface area contributed by atoms with Crippen LogP contribution in [0.1, 0.15) is 57.6 Å². The van der Waals surface area contributed by atoms with Gasteiger partial charge < -0.3 is 39.2 Å². The van der Waals surface area contributed by atoms with Crippen molar-refractivity contribution in [2.75, 3.05) is 39.4 Å². The molecule has 0 radical (unpaired) electrons. The Morgan fingerprint density at radius 1 is 0.796 bits per heavy atom. The third-order valence-electron chi connectivity index (χ3n) is 10.1. The van der Waals surface area contributed by atoms with Gasteiger partial charge in [0.15, 0.2) is 11.6 Å². The van der Waals surface area contributed by atoms with Gasteiger partial charge in [-0.25, -0.2) is 10.5 Å². The van der Waals surface area contributed by atoms with Gasteiger partial charge >= 0.3 is 0 Å². The van der Waals surface area contributed by atoms with Crippen molar-refractivity contribution in [2.24, 2.45) is 11.6 Å². The maximum absolute atomic E-state index is 6.72. The van der Waals surface area contributed by atoms with Crippen molar-refractivity contribution in [3.63, 3.8) is 0 Å². The Hall–Kier alpha value is -3.58. The first-order valence-electron chi connectivity index (χ1n) is 19.0. The topological polar surface area (TPSA) is 174 Å². The molecular formula is C38H56N10O6. The van der Waals surface area contributed by atoms with E-state index in [1.54, 1.807) is 11.2 Å². The van der Waals surface area contributed by atoms with Crippen molar-refractivity contribution in [1.82, 2.24) is 39.8 Å². The Kier molecular flexibility index (Phi) is 12.2. The first-order valence-corrected chi connectivity index (χ1v) is 19.0. The Bertz CT molecular complexity index is 1620. The van der Waals surface area contributed by atoms with Gasteiger partial charge in [-0.3, -0.25) is 19.8 Å². The standard InChI is InChI=1S/C38H56N10O6/c1-37(2)51-31-11-17-49-33(35(31)53-37)25-47(40)20-27(39)19-45(15-16-46(21-28-9-5-7-13-41-28)22-29-10-6-8-14-42-29)23-30-24-48(44-43-30)26-34-36-32(12-18-50-34)52-38(3,4)54-36/h5-10,13-14,20,24,31-36H,11-12,15-19,21-23,25-26,39-40H2,1-4H3/b27-20-. The first-order chi connectivity index (χ1) is 26.0. The summed E-state index contributed by atoms with van der Waals surface area (Å²) in [6.45, 7) is 13.6. The molecule has 0 saturated carbocycles. The number of nitrogens with zero attached hydrogens (tertiary/aromatic N) is 8. The molecule has 0 aliphatic carbocycles. The maximum atomic E-state index is 6.72. The van der Waals surface area contributed by atoms with Crippen LogP contribution in [-0.2, 0) is 54.6 Å². The molecule has 4 N–H and O–H groups in total. The lowest BCUT2D eigenvalue weighted by Gasteiger charge is -2.33. The van der Waals surface area contributed by atoms with E-state index >= 15 is 0 Å². The molecule has 16 heteroatoms. The number of nitrogens with two attached hydrogens (primary N) is 2. The second-order valence-corrected chi connectivity index (χ2v) is 15.6. The van der Waals surface area contributed by atoms with Crippen molar-refractivity contribution < 1.29 is 28.4 Å². The number of fused-ring (bicyclic) bond motifs is 2. The van der Waals surface area contributed by atoms with Gasteiger partial charge in [0.2, 0.25) is 0 Å². The minimum Gasteiger partial charge on any atom is -0.400 e. The molecular weight excluding hydrogens is 692 g/mol. The van der Waals surface area contributed by atoms with E-state index in [1.165, 1.54) is 0 Å². The lowest BCUT2D eigenvalue weighted by atomic mass is 10.0. The number of pyridine rings is 2. The van der Waals surface area contributed by atoms with Crippen LogP contribution in [0.2, 0.25) is 0 Å². The zero-order chi connectivity index (χ0) is 37.7.